The van der Waals surface area contributed by atoms with Crippen LogP contribution in [0.4, 0.5) is 11.4 Å². The van der Waals surface area contributed by atoms with Gasteiger partial charge in [-0.25, -0.2) is 0 Å². The molecule has 1 atom stereocenters. The zero-order chi connectivity index (χ0) is 28.2. The number of aryl methyl sites for hydroxylation is 1. The maximum Gasteiger partial charge on any atom is 0.298 e. The Bertz CT molecular complexity index is 1990. The number of nitrogens with one attached hydrogen (secondary N) is 3. The number of aromatic amines is 2. The molecule has 0 fully saturated rings. The molecule has 1 aliphatic heterocycles. The Hall–Kier alpha value is -5.02. The van der Waals surface area contributed by atoms with E-state index in [2.05, 4.69) is 15.3 Å². The summed E-state index contributed by atoms with van der Waals surface area (Å²) in [4.78, 5) is 46.0. The summed E-state index contributed by atoms with van der Waals surface area (Å²) in [6, 6.07) is 18.0. The summed E-state index contributed by atoms with van der Waals surface area (Å²) in [6.07, 6.45) is 1.85. The predicted molar refractivity (Wildman–Crippen MR) is 157 cm³/mol. The molecule has 2 amide bonds. The fourth-order valence-electron chi connectivity index (χ4n) is 5.73. The number of furan rings is 1. The summed E-state index contributed by atoms with van der Waals surface area (Å²) in [5, 5.41) is 5.37. The lowest BCUT2D eigenvalue weighted by Crippen LogP contribution is -2.30. The van der Waals surface area contributed by atoms with Crippen molar-refractivity contribution in [1.82, 2.24) is 9.97 Å². The smallest absolute Gasteiger partial charge is 0.298 e. The quantitative estimate of drug-likeness (QED) is 0.157. The van der Waals surface area contributed by atoms with Crippen LogP contribution in [0.1, 0.15) is 38.1 Å². The van der Waals surface area contributed by atoms with Crippen LogP contribution in [0.2, 0.25) is 0 Å². The Morgan fingerprint density at radius 1 is 1.15 bits per heavy atom. The van der Waals surface area contributed by atoms with Gasteiger partial charge in [-0.15, -0.1) is 11.6 Å². The van der Waals surface area contributed by atoms with Crippen molar-refractivity contribution < 1.29 is 23.5 Å². The van der Waals surface area contributed by atoms with E-state index in [0.29, 0.717) is 52.8 Å². The van der Waals surface area contributed by atoms with E-state index in [4.69, 9.17) is 20.8 Å². The molecular formula is C31H23ClN4O5. The van der Waals surface area contributed by atoms with Crippen LogP contribution in [-0.4, -0.2) is 40.7 Å². The summed E-state index contributed by atoms with van der Waals surface area (Å²) in [5.41, 5.74) is 5.60. The highest BCUT2D eigenvalue weighted by molar-refractivity contribution is 6.19. The van der Waals surface area contributed by atoms with Crippen LogP contribution < -0.4 is 15.0 Å². The molecule has 3 N–H and O–H groups in total. The van der Waals surface area contributed by atoms with Crippen molar-refractivity contribution in [3.8, 4) is 5.75 Å². The number of hydrogen-bond donors (Lipinski definition) is 3. The molecule has 9 nitrogen and oxygen atoms in total. The van der Waals surface area contributed by atoms with Crippen LogP contribution in [0.3, 0.4) is 0 Å². The van der Waals surface area contributed by atoms with Gasteiger partial charge in [-0.1, -0.05) is 18.2 Å². The lowest BCUT2D eigenvalue weighted by atomic mass is 9.97. The molecule has 0 spiro atoms. The number of benzene rings is 3. The number of aromatic nitrogens is 2. The van der Waals surface area contributed by atoms with Crippen LogP contribution >= 0.6 is 11.6 Å². The molecule has 4 heterocycles. The second-order valence-electron chi connectivity index (χ2n) is 10.1. The van der Waals surface area contributed by atoms with E-state index in [9.17, 15) is 14.4 Å². The summed E-state index contributed by atoms with van der Waals surface area (Å²) in [6.45, 7) is 2.72. The number of carbonyl (C=O) groups is 3. The normalized spacial score (nSPS) is 14.6. The molecule has 3 aromatic heterocycles. The minimum atomic E-state index is -0.368. The van der Waals surface area contributed by atoms with E-state index >= 15 is 0 Å². The molecule has 0 bridgehead atoms. The topological polar surface area (TPSA) is 120 Å². The number of H-pyrrole nitrogens is 2. The summed E-state index contributed by atoms with van der Waals surface area (Å²) in [7, 11) is 0. The average molecular weight is 567 g/mol. The molecule has 0 radical (unpaired) electrons. The first-order valence-corrected chi connectivity index (χ1v) is 13.5. The lowest BCUT2D eigenvalue weighted by Gasteiger charge is -2.17. The van der Waals surface area contributed by atoms with Gasteiger partial charge >= 0.3 is 0 Å². The molecule has 0 saturated heterocycles. The first kappa shape index (κ1) is 25.0. The van der Waals surface area contributed by atoms with E-state index in [-0.39, 0.29) is 23.5 Å². The standard InChI is InChI=1S/C31H23ClN4O5/c1-16-13-33-29-25(40-15-37)11-23-28(27(16)29)19(12-32)14-36(23)31(39)22-9-18-8-20(6-7-21(18)35-22)34-30(38)26-10-17-4-2-3-5-24(17)41-26/h2-11,13,15,19,33,35H,12,14H2,1H3,(H,34,38). The second kappa shape index (κ2) is 9.57. The van der Waals surface area contributed by atoms with Gasteiger partial charge in [-0.05, 0) is 54.4 Å². The monoisotopic (exact) mass is 566 g/mol. The third-order valence-electron chi connectivity index (χ3n) is 7.60. The third kappa shape index (κ3) is 4.05. The van der Waals surface area contributed by atoms with Crippen molar-refractivity contribution in [2.45, 2.75) is 12.8 Å². The molecule has 7 rings (SSSR count). The molecule has 1 unspecified atom stereocenters. The highest BCUT2D eigenvalue weighted by atomic mass is 35.5. The Morgan fingerprint density at radius 3 is 2.80 bits per heavy atom. The minimum absolute atomic E-state index is 0.0951. The van der Waals surface area contributed by atoms with Gasteiger partial charge < -0.3 is 29.3 Å². The summed E-state index contributed by atoms with van der Waals surface area (Å²) < 4.78 is 10.9. The number of fused-ring (bicyclic) bond motifs is 5. The van der Waals surface area contributed by atoms with E-state index < -0.39 is 0 Å². The van der Waals surface area contributed by atoms with E-state index in [0.717, 1.165) is 32.8 Å². The molecular weight excluding hydrogens is 544 g/mol. The fourth-order valence-corrected chi connectivity index (χ4v) is 5.98. The largest absolute Gasteiger partial charge is 0.451 e. The van der Waals surface area contributed by atoms with Crippen LogP contribution in [0.15, 0.2) is 71.3 Å². The van der Waals surface area contributed by atoms with Gasteiger partial charge in [0.2, 0.25) is 0 Å². The molecule has 6 aromatic rings. The number of para-hydroxylation sites is 1. The Kier molecular flexibility index (Phi) is 5.83. The number of rotatable bonds is 6. The molecule has 0 aliphatic carbocycles. The Morgan fingerprint density at radius 2 is 2.00 bits per heavy atom. The maximum absolute atomic E-state index is 13.9. The van der Waals surface area contributed by atoms with Crippen LogP contribution in [-0.2, 0) is 4.79 Å². The Labute approximate surface area is 238 Å². The number of nitrogens with zero attached hydrogens (tertiary/aromatic N) is 1. The first-order chi connectivity index (χ1) is 19.9. The molecule has 3 aromatic carbocycles. The van der Waals surface area contributed by atoms with Crippen molar-refractivity contribution in [2.24, 2.45) is 0 Å². The van der Waals surface area contributed by atoms with Gasteiger partial charge in [-0.2, -0.15) is 0 Å². The predicted octanol–water partition coefficient (Wildman–Crippen LogP) is 6.47. The number of amides is 2. The first-order valence-electron chi connectivity index (χ1n) is 13.0. The molecule has 41 heavy (non-hydrogen) atoms. The Balaban J connectivity index is 1.20. The minimum Gasteiger partial charge on any atom is -0.451 e. The zero-order valence-corrected chi connectivity index (χ0v) is 22.5. The van der Waals surface area contributed by atoms with Gasteiger partial charge in [0, 0.05) is 58.0 Å². The van der Waals surface area contributed by atoms with E-state index in [1.54, 1.807) is 35.2 Å². The van der Waals surface area contributed by atoms with Gasteiger partial charge in [0.25, 0.3) is 18.3 Å². The average Bonchev–Trinajstić information content (AvgIpc) is 3.76. The molecule has 0 saturated carbocycles. The van der Waals surface area contributed by atoms with Crippen molar-refractivity contribution in [3.05, 3.63) is 89.4 Å². The molecule has 204 valence electrons. The van der Waals surface area contributed by atoms with Crippen molar-refractivity contribution >= 4 is 74.0 Å². The van der Waals surface area contributed by atoms with E-state index in [1.165, 1.54) is 0 Å². The van der Waals surface area contributed by atoms with Crippen molar-refractivity contribution in [2.75, 3.05) is 22.6 Å². The van der Waals surface area contributed by atoms with Gasteiger partial charge in [-0.3, -0.25) is 14.4 Å². The molecule has 10 heteroatoms. The van der Waals surface area contributed by atoms with Crippen LogP contribution in [0.25, 0.3) is 32.8 Å². The van der Waals surface area contributed by atoms with E-state index in [1.807, 2.05) is 43.5 Å². The maximum atomic E-state index is 13.9. The van der Waals surface area contributed by atoms with Crippen molar-refractivity contribution in [3.63, 3.8) is 0 Å². The number of alkyl halides is 1. The highest BCUT2D eigenvalue weighted by Crippen LogP contribution is 2.46. The van der Waals surface area contributed by atoms with Crippen LogP contribution in [0.5, 0.6) is 5.75 Å². The summed E-state index contributed by atoms with van der Waals surface area (Å²) >= 11 is 6.38. The number of carbonyl (C=O) groups excluding carboxylic acids is 3. The lowest BCUT2D eigenvalue weighted by molar-refractivity contribution is -0.120. The number of anilines is 2. The number of ether oxygens (including phenoxy) is 1. The van der Waals surface area contributed by atoms with Crippen molar-refractivity contribution in [1.29, 1.82) is 0 Å². The SMILES string of the molecule is Cc1c[nH]c2c(OC=O)cc3c(c12)C(CCl)CN3C(=O)c1cc2cc(NC(=O)c3cc4ccccc4o3)ccc2[nH]1. The second-order valence-corrected chi connectivity index (χ2v) is 10.4. The molecule has 1 aliphatic rings. The zero-order valence-electron chi connectivity index (χ0n) is 21.8. The fraction of sp³-hybridized carbons (Fsp3) is 0.129. The van der Waals surface area contributed by atoms with Gasteiger partial charge in [0.15, 0.2) is 11.5 Å². The van der Waals surface area contributed by atoms with Gasteiger partial charge in [0.05, 0.1) is 11.2 Å². The van der Waals surface area contributed by atoms with Gasteiger partial charge in [0.1, 0.15) is 11.3 Å². The van der Waals surface area contributed by atoms with Crippen LogP contribution in [0, 0.1) is 6.92 Å². The highest BCUT2D eigenvalue weighted by Gasteiger charge is 2.36. The number of hydrogen-bond acceptors (Lipinski definition) is 5. The third-order valence-corrected chi connectivity index (χ3v) is 7.98. The summed E-state index contributed by atoms with van der Waals surface area (Å²) in [5.74, 6) is 0.173. The number of halogens is 1.